The van der Waals surface area contributed by atoms with E-state index in [0.29, 0.717) is 6.04 Å². The number of anilines is 1. The minimum Gasteiger partial charge on any atom is -0.370 e. The molecule has 1 N–H and O–H groups in total. The molecule has 0 atom stereocenters. The van der Waals surface area contributed by atoms with Crippen LogP contribution < -0.4 is 10.2 Å². The minimum absolute atomic E-state index is 0.501. The summed E-state index contributed by atoms with van der Waals surface area (Å²) in [6.07, 6.45) is 5.30. The Hall–Kier alpha value is -0.730. The van der Waals surface area contributed by atoms with Crippen molar-refractivity contribution in [2.24, 2.45) is 5.92 Å². The zero-order valence-corrected chi connectivity index (χ0v) is 14.4. The van der Waals surface area contributed by atoms with E-state index < -0.39 is 0 Å². The van der Waals surface area contributed by atoms with Crippen LogP contribution in [-0.2, 0) is 6.54 Å². The van der Waals surface area contributed by atoms with Crippen LogP contribution in [-0.4, -0.2) is 19.1 Å². The normalized spacial score (nSPS) is 16.7. The Morgan fingerprint density at radius 1 is 1.29 bits per heavy atom. The van der Waals surface area contributed by atoms with Crippen molar-refractivity contribution in [3.05, 3.63) is 28.8 Å². The SMILES string of the molecule is CCCC1CCN(c2ccc(CNC(C)C)cc2Cl)CC1. The quantitative estimate of drug-likeness (QED) is 0.807. The van der Waals surface area contributed by atoms with E-state index >= 15 is 0 Å². The maximum atomic E-state index is 6.51. The van der Waals surface area contributed by atoms with Gasteiger partial charge in [0.05, 0.1) is 10.7 Å². The molecule has 2 rings (SSSR count). The summed E-state index contributed by atoms with van der Waals surface area (Å²) in [4.78, 5) is 2.45. The van der Waals surface area contributed by atoms with Gasteiger partial charge in [0.25, 0.3) is 0 Å². The number of hydrogen-bond donors (Lipinski definition) is 1. The zero-order chi connectivity index (χ0) is 15.2. The van der Waals surface area contributed by atoms with Crippen LogP contribution >= 0.6 is 11.6 Å². The molecule has 0 aliphatic carbocycles. The number of rotatable bonds is 6. The first-order valence-corrected chi connectivity index (χ1v) is 8.74. The summed E-state index contributed by atoms with van der Waals surface area (Å²) in [5.74, 6) is 0.916. The number of hydrogen-bond acceptors (Lipinski definition) is 2. The lowest BCUT2D eigenvalue weighted by Crippen LogP contribution is -2.33. The van der Waals surface area contributed by atoms with E-state index in [-0.39, 0.29) is 0 Å². The molecule has 1 aliphatic rings. The average Bonchev–Trinajstić information content (AvgIpc) is 2.47. The van der Waals surface area contributed by atoms with Crippen LogP contribution in [0.4, 0.5) is 5.69 Å². The molecule has 0 amide bonds. The average molecular weight is 309 g/mol. The Kier molecular flexibility index (Phi) is 6.38. The third-order valence-corrected chi connectivity index (χ3v) is 4.68. The molecule has 1 saturated heterocycles. The summed E-state index contributed by atoms with van der Waals surface area (Å²) in [6.45, 7) is 9.79. The molecular formula is C18H29ClN2. The highest BCUT2D eigenvalue weighted by molar-refractivity contribution is 6.33. The summed E-state index contributed by atoms with van der Waals surface area (Å²) < 4.78 is 0. The number of nitrogens with one attached hydrogen (secondary N) is 1. The second kappa shape index (κ2) is 8.05. The van der Waals surface area contributed by atoms with E-state index in [2.05, 4.69) is 49.2 Å². The molecule has 0 unspecified atom stereocenters. The first kappa shape index (κ1) is 16.6. The third-order valence-electron chi connectivity index (χ3n) is 4.38. The first-order valence-electron chi connectivity index (χ1n) is 8.37. The van der Waals surface area contributed by atoms with Crippen molar-refractivity contribution in [1.82, 2.24) is 5.32 Å². The molecule has 0 radical (unpaired) electrons. The smallest absolute Gasteiger partial charge is 0.0642 e. The van der Waals surface area contributed by atoms with Crippen LogP contribution in [0.2, 0.25) is 5.02 Å². The summed E-state index contributed by atoms with van der Waals surface area (Å²) in [5, 5.41) is 4.33. The topological polar surface area (TPSA) is 15.3 Å². The van der Waals surface area contributed by atoms with Gasteiger partial charge in [-0.3, -0.25) is 0 Å². The molecule has 2 nitrogen and oxygen atoms in total. The Labute approximate surface area is 134 Å². The molecule has 1 heterocycles. The predicted molar refractivity (Wildman–Crippen MR) is 93.3 cm³/mol. The summed E-state index contributed by atoms with van der Waals surface area (Å²) in [6, 6.07) is 7.01. The minimum atomic E-state index is 0.501. The van der Waals surface area contributed by atoms with Gasteiger partial charge in [0.15, 0.2) is 0 Å². The van der Waals surface area contributed by atoms with Gasteiger partial charge in [-0.2, -0.15) is 0 Å². The van der Waals surface area contributed by atoms with Crippen LogP contribution in [0.1, 0.15) is 52.0 Å². The maximum absolute atomic E-state index is 6.51. The van der Waals surface area contributed by atoms with Crippen LogP contribution in [0.25, 0.3) is 0 Å². The van der Waals surface area contributed by atoms with E-state index in [9.17, 15) is 0 Å². The van der Waals surface area contributed by atoms with Crippen molar-refractivity contribution in [3.63, 3.8) is 0 Å². The Bertz CT molecular complexity index is 437. The van der Waals surface area contributed by atoms with Gasteiger partial charge < -0.3 is 10.2 Å². The molecule has 21 heavy (non-hydrogen) atoms. The molecule has 0 spiro atoms. The van der Waals surface area contributed by atoms with Crippen molar-refractivity contribution in [1.29, 1.82) is 0 Å². The Morgan fingerprint density at radius 3 is 2.57 bits per heavy atom. The van der Waals surface area contributed by atoms with Crippen molar-refractivity contribution in [2.75, 3.05) is 18.0 Å². The molecule has 3 heteroatoms. The summed E-state index contributed by atoms with van der Waals surface area (Å²) >= 11 is 6.51. The monoisotopic (exact) mass is 308 g/mol. The fourth-order valence-corrected chi connectivity index (χ4v) is 3.43. The highest BCUT2D eigenvalue weighted by Gasteiger charge is 2.20. The van der Waals surface area contributed by atoms with Crippen molar-refractivity contribution in [3.8, 4) is 0 Å². The van der Waals surface area contributed by atoms with Gasteiger partial charge in [-0.05, 0) is 36.5 Å². The number of halogens is 1. The van der Waals surface area contributed by atoms with Gasteiger partial charge in [0.2, 0.25) is 0 Å². The molecule has 1 aromatic carbocycles. The van der Waals surface area contributed by atoms with Crippen LogP contribution in [0.5, 0.6) is 0 Å². The third kappa shape index (κ3) is 4.89. The van der Waals surface area contributed by atoms with E-state index in [0.717, 1.165) is 30.6 Å². The lowest BCUT2D eigenvalue weighted by Gasteiger charge is -2.34. The molecule has 0 saturated carbocycles. The zero-order valence-electron chi connectivity index (χ0n) is 13.7. The lowest BCUT2D eigenvalue weighted by molar-refractivity contribution is 0.378. The summed E-state index contributed by atoms with van der Waals surface area (Å²) in [7, 11) is 0. The maximum Gasteiger partial charge on any atom is 0.0642 e. The molecule has 118 valence electrons. The van der Waals surface area contributed by atoms with Gasteiger partial charge in [-0.25, -0.2) is 0 Å². The second-order valence-corrected chi connectivity index (χ2v) is 6.95. The number of benzene rings is 1. The Balaban J connectivity index is 1.95. The lowest BCUT2D eigenvalue weighted by atomic mass is 9.92. The molecule has 1 fully saturated rings. The first-order chi connectivity index (χ1) is 10.1. The van der Waals surface area contributed by atoms with Crippen LogP contribution in [0, 0.1) is 5.92 Å². The van der Waals surface area contributed by atoms with E-state index in [4.69, 9.17) is 11.6 Å². The Morgan fingerprint density at radius 2 is 2.00 bits per heavy atom. The number of nitrogens with zero attached hydrogens (tertiary/aromatic N) is 1. The molecule has 1 aliphatic heterocycles. The standard InChI is InChI=1S/C18H29ClN2/c1-4-5-15-8-10-21(11-9-15)18-7-6-16(12-17(18)19)13-20-14(2)3/h6-7,12,14-15,20H,4-5,8-11,13H2,1-3H3. The van der Waals surface area contributed by atoms with Crippen LogP contribution in [0.15, 0.2) is 18.2 Å². The largest absolute Gasteiger partial charge is 0.370 e. The molecule has 1 aromatic rings. The molecule has 0 aromatic heterocycles. The molecule has 0 bridgehead atoms. The highest BCUT2D eigenvalue weighted by atomic mass is 35.5. The van der Waals surface area contributed by atoms with Gasteiger partial charge in [-0.1, -0.05) is 51.3 Å². The predicted octanol–water partition coefficient (Wildman–Crippen LogP) is 4.85. The van der Waals surface area contributed by atoms with E-state index in [1.54, 1.807) is 0 Å². The van der Waals surface area contributed by atoms with Crippen molar-refractivity contribution in [2.45, 2.75) is 59.0 Å². The molecular weight excluding hydrogens is 280 g/mol. The number of piperidine rings is 1. The van der Waals surface area contributed by atoms with Crippen LogP contribution in [0.3, 0.4) is 0 Å². The van der Waals surface area contributed by atoms with Gasteiger partial charge in [0, 0.05) is 25.7 Å². The van der Waals surface area contributed by atoms with Gasteiger partial charge in [-0.15, -0.1) is 0 Å². The van der Waals surface area contributed by atoms with Gasteiger partial charge >= 0.3 is 0 Å². The summed E-state index contributed by atoms with van der Waals surface area (Å²) in [5.41, 5.74) is 2.47. The fourth-order valence-electron chi connectivity index (χ4n) is 3.11. The highest BCUT2D eigenvalue weighted by Crippen LogP contribution is 2.31. The fraction of sp³-hybridized carbons (Fsp3) is 0.667. The van der Waals surface area contributed by atoms with E-state index in [1.165, 1.54) is 36.9 Å². The van der Waals surface area contributed by atoms with Gasteiger partial charge in [0.1, 0.15) is 0 Å². The van der Waals surface area contributed by atoms with E-state index in [1.807, 2.05) is 0 Å². The van der Waals surface area contributed by atoms with Crippen molar-refractivity contribution < 1.29 is 0 Å². The van der Waals surface area contributed by atoms with Crippen molar-refractivity contribution >= 4 is 17.3 Å². The second-order valence-electron chi connectivity index (χ2n) is 6.54.